The number of ether oxygens (including phenoxy) is 1. The largest absolute Gasteiger partial charge is 0.395 e. The van der Waals surface area contributed by atoms with E-state index in [-0.39, 0.29) is 6.61 Å². The first-order valence-electron chi connectivity index (χ1n) is 8.28. The van der Waals surface area contributed by atoms with Crippen LogP contribution >= 0.6 is 0 Å². The number of aryl methyl sites for hydroxylation is 1. The third kappa shape index (κ3) is 3.74. The number of β-amino-alcohol motifs (C(OH)–C–C–N with tert-alkyl or cyclic N) is 1. The van der Waals surface area contributed by atoms with E-state index in [1.807, 2.05) is 6.92 Å². The van der Waals surface area contributed by atoms with Gasteiger partial charge < -0.3 is 19.6 Å². The second-order valence-corrected chi connectivity index (χ2v) is 6.16. The van der Waals surface area contributed by atoms with Gasteiger partial charge in [0.05, 0.1) is 25.5 Å². The number of hydrogen-bond donors (Lipinski definition) is 1. The second-order valence-electron chi connectivity index (χ2n) is 6.16. The first-order chi connectivity index (χ1) is 10.8. The number of aliphatic hydroxyl groups is 1. The number of aliphatic hydroxyl groups excluding tert-OH is 1. The molecule has 0 saturated carbocycles. The molecule has 122 valence electrons. The van der Waals surface area contributed by atoms with Gasteiger partial charge in [0.25, 0.3) is 0 Å². The summed E-state index contributed by atoms with van der Waals surface area (Å²) in [6, 6.07) is 2.16. The Morgan fingerprint density at radius 1 is 1.27 bits per heavy atom. The molecule has 1 unspecified atom stereocenters. The minimum Gasteiger partial charge on any atom is -0.395 e. The monoisotopic (exact) mass is 306 g/mol. The normalized spacial score (nSPS) is 23.7. The first kappa shape index (κ1) is 15.6. The van der Waals surface area contributed by atoms with E-state index in [1.54, 1.807) is 0 Å². The summed E-state index contributed by atoms with van der Waals surface area (Å²) < 4.78 is 5.42. The molecule has 0 radical (unpaired) electrons. The number of piperidine rings is 1. The summed E-state index contributed by atoms with van der Waals surface area (Å²) in [6.45, 7) is 8.37. The number of morpholine rings is 1. The molecular weight excluding hydrogens is 280 g/mol. The maximum Gasteiger partial charge on any atom is 0.132 e. The highest BCUT2D eigenvalue weighted by Crippen LogP contribution is 2.27. The molecule has 2 saturated heterocycles. The maximum absolute atomic E-state index is 9.15. The molecule has 2 aliphatic rings. The van der Waals surface area contributed by atoms with Crippen LogP contribution in [0.5, 0.6) is 0 Å². The number of rotatable bonds is 4. The van der Waals surface area contributed by atoms with E-state index in [1.165, 1.54) is 12.8 Å². The van der Waals surface area contributed by atoms with E-state index in [0.717, 1.165) is 63.3 Å². The Morgan fingerprint density at radius 3 is 2.86 bits per heavy atom. The molecule has 0 aromatic carbocycles. The molecule has 2 fully saturated rings. The lowest BCUT2D eigenvalue weighted by atomic mass is 9.94. The SMILES string of the molecule is Cc1nc(C2CCCN(CCO)C2)cc(N2CCOCC2)n1. The lowest BCUT2D eigenvalue weighted by Gasteiger charge is -2.33. The van der Waals surface area contributed by atoms with E-state index in [0.29, 0.717) is 5.92 Å². The molecule has 1 N–H and O–H groups in total. The zero-order chi connectivity index (χ0) is 15.4. The van der Waals surface area contributed by atoms with Gasteiger partial charge in [-0.15, -0.1) is 0 Å². The first-order valence-corrected chi connectivity index (χ1v) is 8.28. The molecular formula is C16H26N4O2. The third-order valence-electron chi connectivity index (χ3n) is 4.52. The molecule has 0 bridgehead atoms. The van der Waals surface area contributed by atoms with Gasteiger partial charge in [0.1, 0.15) is 11.6 Å². The van der Waals surface area contributed by atoms with Crippen molar-refractivity contribution in [3.63, 3.8) is 0 Å². The minimum atomic E-state index is 0.231. The van der Waals surface area contributed by atoms with Gasteiger partial charge in [0.2, 0.25) is 0 Å². The summed E-state index contributed by atoms with van der Waals surface area (Å²) in [5.41, 5.74) is 1.15. The highest BCUT2D eigenvalue weighted by Gasteiger charge is 2.24. The van der Waals surface area contributed by atoms with Crippen LogP contribution in [0, 0.1) is 6.92 Å². The molecule has 2 aliphatic heterocycles. The van der Waals surface area contributed by atoms with E-state index in [4.69, 9.17) is 9.84 Å². The maximum atomic E-state index is 9.15. The fourth-order valence-electron chi connectivity index (χ4n) is 3.38. The van der Waals surface area contributed by atoms with Crippen LogP contribution in [0.3, 0.4) is 0 Å². The van der Waals surface area contributed by atoms with Crippen LogP contribution < -0.4 is 4.90 Å². The van der Waals surface area contributed by atoms with Gasteiger partial charge in [0, 0.05) is 38.2 Å². The highest BCUT2D eigenvalue weighted by molar-refractivity contribution is 5.41. The topological polar surface area (TPSA) is 61.7 Å². The van der Waals surface area contributed by atoms with Crippen molar-refractivity contribution in [2.75, 3.05) is 57.4 Å². The van der Waals surface area contributed by atoms with Crippen LogP contribution in [0.25, 0.3) is 0 Å². The standard InChI is InChI=1S/C16H26N4O2/c1-13-17-15(14-3-2-4-19(12-14)5-8-21)11-16(18-13)20-6-9-22-10-7-20/h11,14,21H,2-10,12H2,1H3. The zero-order valence-electron chi connectivity index (χ0n) is 13.4. The summed E-state index contributed by atoms with van der Waals surface area (Å²) in [7, 11) is 0. The zero-order valence-corrected chi connectivity index (χ0v) is 13.4. The van der Waals surface area contributed by atoms with Crippen molar-refractivity contribution in [2.45, 2.75) is 25.7 Å². The van der Waals surface area contributed by atoms with Gasteiger partial charge in [-0.25, -0.2) is 9.97 Å². The van der Waals surface area contributed by atoms with Gasteiger partial charge in [-0.05, 0) is 26.3 Å². The number of likely N-dealkylation sites (tertiary alicyclic amines) is 1. The van der Waals surface area contributed by atoms with Gasteiger partial charge in [0.15, 0.2) is 0 Å². The quantitative estimate of drug-likeness (QED) is 0.887. The molecule has 0 spiro atoms. The predicted molar refractivity (Wildman–Crippen MR) is 85.3 cm³/mol. The Morgan fingerprint density at radius 2 is 2.09 bits per heavy atom. The van der Waals surface area contributed by atoms with Crippen LogP contribution in [0.4, 0.5) is 5.82 Å². The van der Waals surface area contributed by atoms with Gasteiger partial charge >= 0.3 is 0 Å². The molecule has 1 aromatic rings. The van der Waals surface area contributed by atoms with E-state index in [2.05, 4.69) is 25.8 Å². The lowest BCUT2D eigenvalue weighted by molar-refractivity contribution is 0.122. The Bertz CT molecular complexity index is 489. The summed E-state index contributed by atoms with van der Waals surface area (Å²) in [6.07, 6.45) is 2.33. The van der Waals surface area contributed by atoms with Crippen molar-refractivity contribution >= 4 is 5.82 Å². The number of aromatic nitrogens is 2. The Balaban J connectivity index is 1.76. The molecule has 6 nitrogen and oxygen atoms in total. The molecule has 3 rings (SSSR count). The second kappa shape index (κ2) is 7.35. The predicted octanol–water partition coefficient (Wildman–Crippen LogP) is 0.793. The van der Waals surface area contributed by atoms with E-state index >= 15 is 0 Å². The van der Waals surface area contributed by atoms with Crippen LogP contribution in [0.2, 0.25) is 0 Å². The Kier molecular flexibility index (Phi) is 5.23. The van der Waals surface area contributed by atoms with Crippen LogP contribution in [-0.2, 0) is 4.74 Å². The van der Waals surface area contributed by atoms with Crippen LogP contribution in [-0.4, -0.2) is 72.5 Å². The molecule has 1 atom stereocenters. The Hall–Kier alpha value is -1.24. The molecule has 1 aromatic heterocycles. The van der Waals surface area contributed by atoms with Crippen LogP contribution in [0.15, 0.2) is 6.07 Å². The molecule has 0 amide bonds. The number of nitrogens with zero attached hydrogens (tertiary/aromatic N) is 4. The van der Waals surface area contributed by atoms with Crippen molar-refractivity contribution in [1.29, 1.82) is 0 Å². The fourth-order valence-corrected chi connectivity index (χ4v) is 3.38. The van der Waals surface area contributed by atoms with Crippen molar-refractivity contribution in [3.05, 3.63) is 17.6 Å². The van der Waals surface area contributed by atoms with Crippen molar-refractivity contribution < 1.29 is 9.84 Å². The summed E-state index contributed by atoms with van der Waals surface area (Å²) in [5, 5.41) is 9.15. The minimum absolute atomic E-state index is 0.231. The summed E-state index contributed by atoms with van der Waals surface area (Å²) in [5.74, 6) is 2.32. The number of anilines is 1. The molecule has 3 heterocycles. The molecule has 22 heavy (non-hydrogen) atoms. The lowest BCUT2D eigenvalue weighted by Crippen LogP contribution is -2.38. The average molecular weight is 306 g/mol. The van der Waals surface area contributed by atoms with Gasteiger partial charge in [-0.3, -0.25) is 0 Å². The average Bonchev–Trinajstić information content (AvgIpc) is 2.56. The van der Waals surface area contributed by atoms with Crippen molar-refractivity contribution in [1.82, 2.24) is 14.9 Å². The van der Waals surface area contributed by atoms with Gasteiger partial charge in [-0.1, -0.05) is 0 Å². The van der Waals surface area contributed by atoms with Gasteiger partial charge in [-0.2, -0.15) is 0 Å². The number of hydrogen-bond acceptors (Lipinski definition) is 6. The third-order valence-corrected chi connectivity index (χ3v) is 4.52. The summed E-state index contributed by atoms with van der Waals surface area (Å²) in [4.78, 5) is 13.9. The van der Waals surface area contributed by atoms with E-state index in [9.17, 15) is 0 Å². The highest BCUT2D eigenvalue weighted by atomic mass is 16.5. The van der Waals surface area contributed by atoms with Crippen molar-refractivity contribution in [2.24, 2.45) is 0 Å². The smallest absolute Gasteiger partial charge is 0.132 e. The van der Waals surface area contributed by atoms with Crippen LogP contribution in [0.1, 0.15) is 30.3 Å². The van der Waals surface area contributed by atoms with E-state index < -0.39 is 0 Å². The molecule has 6 heteroatoms. The summed E-state index contributed by atoms with van der Waals surface area (Å²) >= 11 is 0. The van der Waals surface area contributed by atoms with Crippen molar-refractivity contribution in [3.8, 4) is 0 Å². The Labute approximate surface area is 132 Å². The fraction of sp³-hybridized carbons (Fsp3) is 0.750. The molecule has 0 aliphatic carbocycles.